The maximum atomic E-state index is 12.6. The van der Waals surface area contributed by atoms with Gasteiger partial charge in [-0.2, -0.15) is 0 Å². The summed E-state index contributed by atoms with van der Waals surface area (Å²) >= 11 is 0. The Morgan fingerprint density at radius 3 is 2.35 bits per heavy atom. The molecular formula is C15H26N2O3. The molecule has 5 heteroatoms. The lowest BCUT2D eigenvalue weighted by Gasteiger charge is -2.31. The molecule has 0 aromatic heterocycles. The number of carbonyl (C=O) groups excluding carboxylic acids is 1. The molecule has 2 rings (SSSR count). The average molecular weight is 282 g/mol. The number of aliphatic carboxylic acids is 1. The van der Waals surface area contributed by atoms with E-state index >= 15 is 0 Å². The lowest BCUT2D eigenvalue weighted by molar-refractivity contribution is -0.150. The number of nitrogens with zero attached hydrogens (tertiary/aromatic N) is 2. The molecule has 0 aromatic carbocycles. The first kappa shape index (κ1) is 15.1. The topological polar surface area (TPSA) is 60.9 Å². The highest BCUT2D eigenvalue weighted by molar-refractivity contribution is 5.80. The van der Waals surface area contributed by atoms with Crippen LogP contribution in [0.5, 0.6) is 0 Å². The van der Waals surface area contributed by atoms with Crippen molar-refractivity contribution in [3.63, 3.8) is 0 Å². The molecule has 0 radical (unpaired) electrons. The summed E-state index contributed by atoms with van der Waals surface area (Å²) in [4.78, 5) is 27.9. The molecule has 2 aliphatic rings. The molecule has 1 N–H and O–H groups in total. The Labute approximate surface area is 120 Å². The van der Waals surface area contributed by atoms with E-state index in [-0.39, 0.29) is 18.0 Å². The van der Waals surface area contributed by atoms with Crippen LogP contribution in [0.4, 0.5) is 4.79 Å². The van der Waals surface area contributed by atoms with Crippen LogP contribution in [-0.4, -0.2) is 52.6 Å². The zero-order chi connectivity index (χ0) is 15.1. The van der Waals surface area contributed by atoms with Gasteiger partial charge in [-0.15, -0.1) is 0 Å². The molecule has 2 heterocycles. The van der Waals surface area contributed by atoms with Crippen molar-refractivity contribution in [2.75, 3.05) is 19.6 Å². The van der Waals surface area contributed by atoms with Gasteiger partial charge in [0.25, 0.3) is 0 Å². The van der Waals surface area contributed by atoms with Crippen LogP contribution in [-0.2, 0) is 4.79 Å². The molecule has 2 amide bonds. The number of rotatable bonds is 2. The Bertz CT molecular complexity index is 410. The molecule has 3 atom stereocenters. The molecule has 2 saturated heterocycles. The minimum atomic E-state index is -0.774. The normalized spacial score (nSPS) is 34.0. The van der Waals surface area contributed by atoms with Crippen molar-refractivity contribution in [1.82, 2.24) is 9.80 Å². The fourth-order valence-electron chi connectivity index (χ4n) is 3.64. The van der Waals surface area contributed by atoms with Gasteiger partial charge in [0.2, 0.25) is 0 Å². The Hall–Kier alpha value is -1.26. The van der Waals surface area contributed by atoms with Crippen molar-refractivity contribution in [3.05, 3.63) is 0 Å². The minimum Gasteiger partial charge on any atom is -0.481 e. The molecule has 2 fully saturated rings. The van der Waals surface area contributed by atoms with Crippen molar-refractivity contribution in [2.45, 2.75) is 46.6 Å². The summed E-state index contributed by atoms with van der Waals surface area (Å²) in [5.74, 6) is -0.204. The van der Waals surface area contributed by atoms with Gasteiger partial charge in [-0.1, -0.05) is 20.8 Å². The fraction of sp³-hybridized carbons (Fsp3) is 0.867. The van der Waals surface area contributed by atoms with Gasteiger partial charge < -0.3 is 14.9 Å². The van der Waals surface area contributed by atoms with E-state index in [1.807, 2.05) is 18.7 Å². The number of hydrogen-bond acceptors (Lipinski definition) is 2. The maximum absolute atomic E-state index is 12.6. The molecule has 0 aliphatic carbocycles. The largest absolute Gasteiger partial charge is 0.481 e. The van der Waals surface area contributed by atoms with Gasteiger partial charge in [0.1, 0.15) is 0 Å². The van der Waals surface area contributed by atoms with Crippen molar-refractivity contribution in [1.29, 1.82) is 0 Å². The molecule has 2 aliphatic heterocycles. The lowest BCUT2D eigenvalue weighted by atomic mass is 9.76. The van der Waals surface area contributed by atoms with Crippen molar-refractivity contribution in [3.8, 4) is 0 Å². The summed E-state index contributed by atoms with van der Waals surface area (Å²) in [6.07, 6.45) is 1.59. The highest BCUT2D eigenvalue weighted by Crippen LogP contribution is 2.39. The van der Waals surface area contributed by atoms with Gasteiger partial charge in [-0.05, 0) is 31.6 Å². The molecule has 114 valence electrons. The van der Waals surface area contributed by atoms with Gasteiger partial charge in [-0.3, -0.25) is 4.79 Å². The predicted molar refractivity (Wildman–Crippen MR) is 76.4 cm³/mol. The van der Waals surface area contributed by atoms with Crippen molar-refractivity contribution < 1.29 is 14.7 Å². The fourth-order valence-corrected chi connectivity index (χ4v) is 3.64. The molecule has 0 spiro atoms. The number of hydrogen-bond donors (Lipinski definition) is 1. The number of carbonyl (C=O) groups is 2. The predicted octanol–water partition coefficient (Wildman–Crippen LogP) is 2.27. The maximum Gasteiger partial charge on any atom is 0.320 e. The third-order valence-electron chi connectivity index (χ3n) is 5.13. The first-order chi connectivity index (χ1) is 9.28. The molecule has 0 bridgehead atoms. The van der Waals surface area contributed by atoms with Gasteiger partial charge >= 0.3 is 12.0 Å². The lowest BCUT2D eigenvalue weighted by Crippen LogP contribution is -2.46. The molecule has 0 saturated carbocycles. The zero-order valence-electron chi connectivity index (χ0n) is 12.9. The van der Waals surface area contributed by atoms with Crippen LogP contribution in [0.15, 0.2) is 0 Å². The average Bonchev–Trinajstić information content (AvgIpc) is 2.93. The van der Waals surface area contributed by atoms with Gasteiger partial charge in [0.05, 0.1) is 5.41 Å². The summed E-state index contributed by atoms with van der Waals surface area (Å²) in [5.41, 5.74) is -0.774. The first-order valence-electron chi connectivity index (χ1n) is 7.57. The third kappa shape index (κ3) is 2.38. The monoisotopic (exact) mass is 282 g/mol. The summed E-state index contributed by atoms with van der Waals surface area (Å²) in [6.45, 7) is 9.79. The quantitative estimate of drug-likeness (QED) is 0.845. The molecule has 20 heavy (non-hydrogen) atoms. The number of carboxylic acid groups (broad SMARTS) is 1. The van der Waals surface area contributed by atoms with E-state index < -0.39 is 11.4 Å². The van der Waals surface area contributed by atoms with Crippen LogP contribution in [0.2, 0.25) is 0 Å². The van der Waals surface area contributed by atoms with Crippen LogP contribution in [0.3, 0.4) is 0 Å². The Balaban J connectivity index is 2.09. The van der Waals surface area contributed by atoms with Crippen LogP contribution >= 0.6 is 0 Å². The standard InChI is InChI=1S/C15H26N2O3/c1-10(2)15(13(18)19)5-6-16(9-15)14(20)17-8-11(3)7-12(17)4/h10-12H,5-9H2,1-4H3,(H,18,19). The molecular weight excluding hydrogens is 256 g/mol. The van der Waals surface area contributed by atoms with Crippen LogP contribution < -0.4 is 0 Å². The van der Waals surface area contributed by atoms with Gasteiger partial charge in [0.15, 0.2) is 0 Å². The van der Waals surface area contributed by atoms with E-state index in [0.717, 1.165) is 13.0 Å². The Morgan fingerprint density at radius 1 is 1.30 bits per heavy atom. The number of likely N-dealkylation sites (tertiary alicyclic amines) is 2. The number of urea groups is 1. The van der Waals surface area contributed by atoms with E-state index in [9.17, 15) is 14.7 Å². The highest BCUT2D eigenvalue weighted by Gasteiger charge is 2.49. The van der Waals surface area contributed by atoms with Crippen molar-refractivity contribution >= 4 is 12.0 Å². The highest BCUT2D eigenvalue weighted by atomic mass is 16.4. The van der Waals surface area contributed by atoms with Gasteiger partial charge in [-0.25, -0.2) is 4.79 Å². The van der Waals surface area contributed by atoms with Crippen LogP contribution in [0.25, 0.3) is 0 Å². The second kappa shape index (κ2) is 5.26. The summed E-state index contributed by atoms with van der Waals surface area (Å²) < 4.78 is 0. The summed E-state index contributed by atoms with van der Waals surface area (Å²) in [7, 11) is 0. The van der Waals surface area contributed by atoms with Crippen LogP contribution in [0, 0.1) is 17.3 Å². The SMILES string of the molecule is CC1CC(C)N(C(=O)N2CCC(C(=O)O)(C(C)C)C2)C1. The smallest absolute Gasteiger partial charge is 0.320 e. The molecule has 3 unspecified atom stereocenters. The van der Waals surface area contributed by atoms with Crippen molar-refractivity contribution in [2.24, 2.45) is 17.3 Å². The van der Waals surface area contributed by atoms with Crippen LogP contribution in [0.1, 0.15) is 40.5 Å². The van der Waals surface area contributed by atoms with Gasteiger partial charge in [0, 0.05) is 25.7 Å². The van der Waals surface area contributed by atoms with E-state index in [2.05, 4.69) is 13.8 Å². The second-order valence-corrected chi connectivity index (χ2v) is 6.91. The minimum absolute atomic E-state index is 0.0191. The van der Waals surface area contributed by atoms with E-state index in [0.29, 0.717) is 25.4 Å². The Kier molecular flexibility index (Phi) is 3.98. The summed E-state index contributed by atoms with van der Waals surface area (Å²) in [6, 6.07) is 0.280. The molecule has 5 nitrogen and oxygen atoms in total. The van der Waals surface area contributed by atoms with E-state index in [1.54, 1.807) is 4.90 Å². The summed E-state index contributed by atoms with van der Waals surface area (Å²) in [5, 5.41) is 9.54. The number of carboxylic acids is 1. The second-order valence-electron chi connectivity index (χ2n) is 6.91. The number of amides is 2. The third-order valence-corrected chi connectivity index (χ3v) is 5.13. The first-order valence-corrected chi connectivity index (χ1v) is 7.57. The van der Waals surface area contributed by atoms with E-state index in [1.165, 1.54) is 0 Å². The zero-order valence-corrected chi connectivity index (χ0v) is 12.9. The molecule has 0 aromatic rings. The van der Waals surface area contributed by atoms with E-state index in [4.69, 9.17) is 0 Å². The Morgan fingerprint density at radius 2 is 1.95 bits per heavy atom.